The number of rotatable bonds is 13. The summed E-state index contributed by atoms with van der Waals surface area (Å²) >= 11 is 0. The number of allylic oxidation sites excluding steroid dienone is 1. The van der Waals surface area contributed by atoms with Gasteiger partial charge in [-0.2, -0.15) is 4.31 Å². The molecule has 0 spiro atoms. The maximum Gasteiger partial charge on any atom is 0.247 e. The summed E-state index contributed by atoms with van der Waals surface area (Å²) in [4.78, 5) is 29.8. The molecule has 1 heterocycles. The molecule has 2 aliphatic rings. The highest BCUT2D eigenvalue weighted by molar-refractivity contribution is 7.89. The monoisotopic (exact) mass is 613 g/mol. The van der Waals surface area contributed by atoms with Crippen molar-refractivity contribution in [2.45, 2.75) is 75.3 Å². The van der Waals surface area contributed by atoms with E-state index < -0.39 is 16.1 Å². The second-order valence-electron chi connectivity index (χ2n) is 11.7. The van der Waals surface area contributed by atoms with Crippen LogP contribution in [-0.2, 0) is 32.6 Å². The molecule has 0 radical (unpaired) electrons. The number of nitrogens with zero attached hydrogens (tertiary/aromatic N) is 2. The van der Waals surface area contributed by atoms with Crippen LogP contribution in [0.2, 0.25) is 0 Å². The van der Waals surface area contributed by atoms with Crippen LogP contribution in [0.3, 0.4) is 0 Å². The van der Waals surface area contributed by atoms with Gasteiger partial charge >= 0.3 is 0 Å². The lowest BCUT2D eigenvalue weighted by Gasteiger charge is -2.32. The van der Waals surface area contributed by atoms with Gasteiger partial charge in [0, 0.05) is 32.6 Å². The number of aryl methyl sites for hydroxylation is 1. The number of benzene rings is 3. The number of carbonyl (C=O) groups excluding carboxylic acids is 2. The Morgan fingerprint density at radius 1 is 0.795 bits per heavy atom. The predicted molar refractivity (Wildman–Crippen MR) is 173 cm³/mol. The molecule has 44 heavy (non-hydrogen) atoms. The van der Waals surface area contributed by atoms with E-state index in [1.165, 1.54) is 22.7 Å². The molecule has 2 amide bonds. The summed E-state index contributed by atoms with van der Waals surface area (Å²) in [6.07, 6.45) is 10.1. The van der Waals surface area contributed by atoms with Crippen molar-refractivity contribution in [1.29, 1.82) is 0 Å². The highest BCUT2D eigenvalue weighted by Crippen LogP contribution is 2.26. The molecule has 232 valence electrons. The maximum atomic E-state index is 14.0. The van der Waals surface area contributed by atoms with Gasteiger partial charge in [0.05, 0.1) is 4.90 Å². The van der Waals surface area contributed by atoms with E-state index in [9.17, 15) is 18.0 Å². The topological polar surface area (TPSA) is 86.8 Å². The summed E-state index contributed by atoms with van der Waals surface area (Å²) in [5.41, 5.74) is 3.98. The molecule has 7 nitrogen and oxygen atoms in total. The van der Waals surface area contributed by atoms with Gasteiger partial charge in [-0.05, 0) is 80.2 Å². The van der Waals surface area contributed by atoms with Crippen LogP contribution in [0.4, 0.5) is 0 Å². The van der Waals surface area contributed by atoms with Crippen LogP contribution < -0.4 is 5.32 Å². The van der Waals surface area contributed by atoms with Gasteiger partial charge in [-0.25, -0.2) is 8.42 Å². The van der Waals surface area contributed by atoms with Crippen LogP contribution in [-0.4, -0.2) is 49.1 Å². The summed E-state index contributed by atoms with van der Waals surface area (Å²) in [7, 11) is -3.49. The molecule has 3 aromatic rings. The van der Waals surface area contributed by atoms with Crippen LogP contribution in [0, 0.1) is 0 Å². The second kappa shape index (κ2) is 15.3. The van der Waals surface area contributed by atoms with Gasteiger partial charge in [-0.15, -0.1) is 0 Å². The van der Waals surface area contributed by atoms with Crippen LogP contribution >= 0.6 is 0 Å². The van der Waals surface area contributed by atoms with Crippen molar-refractivity contribution >= 4 is 21.8 Å². The normalized spacial score (nSPS) is 16.2. The third kappa shape index (κ3) is 8.24. The molecule has 1 fully saturated rings. The smallest absolute Gasteiger partial charge is 0.247 e. The van der Waals surface area contributed by atoms with Crippen LogP contribution in [0.25, 0.3) is 0 Å². The zero-order chi connectivity index (χ0) is 30.8. The van der Waals surface area contributed by atoms with E-state index in [0.717, 1.165) is 48.8 Å². The molecule has 1 saturated heterocycles. The first-order valence-electron chi connectivity index (χ1n) is 15.8. The molecule has 1 aliphatic carbocycles. The van der Waals surface area contributed by atoms with E-state index in [0.29, 0.717) is 32.6 Å². The molecule has 5 rings (SSSR count). The first-order valence-corrected chi connectivity index (χ1v) is 17.3. The summed E-state index contributed by atoms with van der Waals surface area (Å²) in [5, 5.41) is 3.13. The van der Waals surface area contributed by atoms with Crippen molar-refractivity contribution in [3.05, 3.63) is 113 Å². The third-order valence-electron chi connectivity index (χ3n) is 8.58. The highest BCUT2D eigenvalue weighted by atomic mass is 32.2. The van der Waals surface area contributed by atoms with Crippen LogP contribution in [0.15, 0.2) is 101 Å². The lowest BCUT2D eigenvalue weighted by Crippen LogP contribution is -2.43. The Bertz CT molecular complexity index is 1520. The number of nitrogens with one attached hydrogen (secondary N) is 1. The van der Waals surface area contributed by atoms with E-state index in [-0.39, 0.29) is 23.1 Å². The van der Waals surface area contributed by atoms with Crippen molar-refractivity contribution in [1.82, 2.24) is 14.5 Å². The fourth-order valence-electron chi connectivity index (χ4n) is 6.09. The van der Waals surface area contributed by atoms with Crippen LogP contribution in [0.1, 0.15) is 74.1 Å². The van der Waals surface area contributed by atoms with Crippen molar-refractivity contribution in [3.63, 3.8) is 0 Å². The number of hydrogen-bond acceptors (Lipinski definition) is 4. The Hall–Kier alpha value is -3.75. The van der Waals surface area contributed by atoms with Crippen molar-refractivity contribution < 1.29 is 18.0 Å². The Labute approximate surface area is 262 Å². The molecule has 3 aromatic carbocycles. The third-order valence-corrected chi connectivity index (χ3v) is 10.5. The quantitative estimate of drug-likeness (QED) is 0.233. The van der Waals surface area contributed by atoms with Gasteiger partial charge < -0.3 is 10.2 Å². The fourth-order valence-corrected chi connectivity index (χ4v) is 7.60. The van der Waals surface area contributed by atoms with Crippen LogP contribution in [0.5, 0.6) is 0 Å². The number of carbonyl (C=O) groups is 2. The Kier molecular flexibility index (Phi) is 11.0. The van der Waals surface area contributed by atoms with E-state index in [1.807, 2.05) is 60.7 Å². The maximum absolute atomic E-state index is 14.0. The summed E-state index contributed by atoms with van der Waals surface area (Å²) in [5.74, 6) is -0.324. The van der Waals surface area contributed by atoms with E-state index >= 15 is 0 Å². The predicted octanol–water partition coefficient (Wildman–Crippen LogP) is 6.18. The van der Waals surface area contributed by atoms with Crippen molar-refractivity contribution in [2.75, 3.05) is 19.6 Å². The lowest BCUT2D eigenvalue weighted by molar-refractivity contribution is -0.141. The van der Waals surface area contributed by atoms with Gasteiger partial charge in [-0.3, -0.25) is 9.59 Å². The van der Waals surface area contributed by atoms with E-state index in [4.69, 9.17) is 0 Å². The Morgan fingerprint density at radius 2 is 1.48 bits per heavy atom. The Balaban J connectivity index is 1.32. The molecule has 0 aromatic heterocycles. The van der Waals surface area contributed by atoms with Crippen molar-refractivity contribution in [3.8, 4) is 0 Å². The van der Waals surface area contributed by atoms with Gasteiger partial charge in [0.1, 0.15) is 6.04 Å². The largest absolute Gasteiger partial charge is 0.354 e. The average molecular weight is 614 g/mol. The van der Waals surface area contributed by atoms with Gasteiger partial charge in [0.2, 0.25) is 21.8 Å². The molecule has 1 N–H and O–H groups in total. The van der Waals surface area contributed by atoms with E-state index in [2.05, 4.69) is 11.4 Å². The molecule has 0 saturated carbocycles. The molecule has 0 bridgehead atoms. The highest BCUT2D eigenvalue weighted by Gasteiger charge is 2.31. The first kappa shape index (κ1) is 31.7. The first-order chi connectivity index (χ1) is 21.4. The molecule has 1 unspecified atom stereocenters. The average Bonchev–Trinajstić information content (AvgIpc) is 3.62. The number of sulfonamides is 1. The SMILES string of the molecule is O=C(NCCC1=CCCCC1)C(c1ccccc1)N(Cc1ccccc1)C(=O)CCc1ccc(S(=O)(=O)N2CCCC2)cc1. The lowest BCUT2D eigenvalue weighted by atomic mass is 9.97. The molecule has 8 heteroatoms. The second-order valence-corrected chi connectivity index (χ2v) is 13.7. The molecule has 1 atom stereocenters. The minimum Gasteiger partial charge on any atom is -0.354 e. The Morgan fingerprint density at radius 3 is 2.14 bits per heavy atom. The minimum atomic E-state index is -3.49. The van der Waals surface area contributed by atoms with Crippen molar-refractivity contribution in [2.24, 2.45) is 0 Å². The number of amides is 2. The summed E-state index contributed by atoms with van der Waals surface area (Å²) < 4.78 is 27.4. The van der Waals surface area contributed by atoms with E-state index in [1.54, 1.807) is 29.2 Å². The standard InChI is InChI=1S/C36H43N3O4S/c40-34(23-20-30-18-21-33(22-19-30)44(42,43)38-26-10-11-27-38)39(28-31-14-6-2-7-15-31)35(32-16-8-3-9-17-32)36(41)37-25-24-29-12-4-1-5-13-29/h2-3,6-9,12,14-19,21-22,35H,1,4-5,10-11,13,20,23-28H2,(H,37,41). The summed E-state index contributed by atoms with van der Waals surface area (Å²) in [6, 6.07) is 25.3. The molecular formula is C36H43N3O4S. The van der Waals surface area contributed by atoms with Gasteiger partial charge in [-0.1, -0.05) is 84.4 Å². The summed E-state index contributed by atoms with van der Waals surface area (Å²) in [6.45, 7) is 1.95. The number of hydrogen-bond donors (Lipinski definition) is 1. The zero-order valence-electron chi connectivity index (χ0n) is 25.4. The molecule has 1 aliphatic heterocycles. The zero-order valence-corrected chi connectivity index (χ0v) is 26.2. The minimum absolute atomic E-state index is 0.137. The fraction of sp³-hybridized carbons (Fsp3) is 0.389. The van der Waals surface area contributed by atoms with Gasteiger partial charge in [0.25, 0.3) is 0 Å². The van der Waals surface area contributed by atoms with Gasteiger partial charge in [0.15, 0.2) is 0 Å². The molecular weight excluding hydrogens is 570 g/mol.